The van der Waals surface area contributed by atoms with Gasteiger partial charge in [0.15, 0.2) is 5.96 Å². The zero-order valence-electron chi connectivity index (χ0n) is 71.0. The molecule has 4 bridgehead atoms. The van der Waals surface area contributed by atoms with Crippen LogP contribution in [0.15, 0.2) is 85.2 Å². The predicted octanol–water partition coefficient (Wildman–Crippen LogP) is -3.03. The molecule has 43 nitrogen and oxygen atoms in total. The van der Waals surface area contributed by atoms with Crippen molar-refractivity contribution in [1.82, 2.24) is 93.8 Å². The number of hydrogen-bond donors (Lipinski definition) is 21. The first-order valence-electron chi connectivity index (χ1n) is 41.5. The predicted molar refractivity (Wildman–Crippen MR) is 475 cm³/mol. The number of nitrogens with two attached hydrogens (primary N) is 3. The number of fused-ring (bicyclic) bond motifs is 9. The summed E-state index contributed by atoms with van der Waals surface area (Å²) < 4.78 is 0. The SMILES string of the molecule is CC(=O)N[C@H]1CSCCC(=O)N2CN3CN(C2)C(=O)CCSC[C@H](NC(=O)[C@H](CC(=O)O)NC(=O)[C@H](CCC(=O)O)NC(=O)[C@H](CC(C)C)NC(=O)[C@H](Cc2c[nH]c4ccccc24)NC(=O)[C@H](CCC(N)=O)NC1=O)C(=O)N[C@@H](Cc1c[nH]c2ccccc12)C(=O)N[C@@H](CCCNC(=N)N)C(=O)NCC(=O)N[C@@H](Cc1ccc(Cl)cc1)C(=O)N[C@H](C(N)=O)CSCCC3=O. The van der Waals surface area contributed by atoms with Gasteiger partial charge in [-0.1, -0.05) is 74.0 Å². The normalized spacial score (nSPS) is 23.2. The largest absolute Gasteiger partial charge is 0.481 e. The lowest BCUT2D eigenvalue weighted by molar-refractivity contribution is -0.158. The first kappa shape index (κ1) is 102. The molecule has 3 fully saturated rings. The van der Waals surface area contributed by atoms with Crippen LogP contribution in [-0.2, 0) is 110 Å². The molecule has 24 N–H and O–H groups in total. The molecule has 0 radical (unpaired) electrons. The van der Waals surface area contributed by atoms with Crippen molar-refractivity contribution in [2.45, 2.75) is 177 Å². The average Bonchev–Trinajstić information content (AvgIpc) is 1.64. The van der Waals surface area contributed by atoms with Gasteiger partial charge in [-0.25, -0.2) is 0 Å². The zero-order chi connectivity index (χ0) is 94.1. The molecule has 0 unspecified atom stereocenters. The topological polar surface area (TPSA) is 664 Å². The number of primary amides is 2. The van der Waals surface area contributed by atoms with Crippen LogP contribution in [0.2, 0.25) is 5.02 Å². The number of hydrogen-bond acceptors (Lipinski definition) is 23. The number of para-hydroxylation sites is 2. The van der Waals surface area contributed by atoms with E-state index in [1.54, 1.807) is 80.7 Å². The van der Waals surface area contributed by atoms with Gasteiger partial charge in [0.1, 0.15) is 66.5 Å². The van der Waals surface area contributed by atoms with E-state index in [4.69, 9.17) is 34.2 Å². The summed E-state index contributed by atoms with van der Waals surface area (Å²) in [5.41, 5.74) is 19.5. The van der Waals surface area contributed by atoms with E-state index in [-0.39, 0.29) is 80.3 Å². The number of amides is 17. The second-order valence-corrected chi connectivity index (χ2v) is 35.2. The number of H-pyrrole nitrogens is 2. The van der Waals surface area contributed by atoms with Gasteiger partial charge in [0.05, 0.1) is 33.0 Å². The summed E-state index contributed by atoms with van der Waals surface area (Å²) in [6.45, 7) is 2.27. The molecule has 698 valence electrons. The van der Waals surface area contributed by atoms with E-state index in [2.05, 4.69) is 79.1 Å². The summed E-state index contributed by atoms with van der Waals surface area (Å²) in [5.74, 6) is -22.4. The van der Waals surface area contributed by atoms with Crippen LogP contribution in [0.4, 0.5) is 0 Å². The van der Waals surface area contributed by atoms with Gasteiger partial charge in [-0.3, -0.25) is 96.5 Å². The number of aliphatic carboxylic acids is 2. The number of benzene rings is 3. The van der Waals surface area contributed by atoms with Crippen molar-refractivity contribution in [3.05, 3.63) is 107 Å². The third-order valence-electron chi connectivity index (χ3n) is 20.8. The average molecular weight is 1870 g/mol. The summed E-state index contributed by atoms with van der Waals surface area (Å²) in [6, 6.07) is 1.01. The van der Waals surface area contributed by atoms with Crippen molar-refractivity contribution in [2.75, 3.05) is 67.6 Å². The lowest BCUT2D eigenvalue weighted by Gasteiger charge is -2.42. The lowest BCUT2D eigenvalue weighted by atomic mass is 9.99. The molecule has 0 aliphatic carbocycles. The molecule has 5 aromatic rings. The highest BCUT2D eigenvalue weighted by molar-refractivity contribution is 7.99. The smallest absolute Gasteiger partial charge is 0.305 e. The lowest BCUT2D eigenvalue weighted by Crippen LogP contribution is -2.61. The van der Waals surface area contributed by atoms with Crippen molar-refractivity contribution < 1.29 is 101 Å². The fraction of sp³-hybridized carbons (Fsp3) is 0.488. The minimum atomic E-state index is -2.22. The first-order chi connectivity index (χ1) is 61.4. The van der Waals surface area contributed by atoms with E-state index >= 15 is 19.2 Å². The minimum Gasteiger partial charge on any atom is -0.481 e. The fourth-order valence-electron chi connectivity index (χ4n) is 14.1. The molecule has 5 heterocycles. The highest BCUT2D eigenvalue weighted by Crippen LogP contribution is 2.25. The highest BCUT2D eigenvalue weighted by Gasteiger charge is 2.40. The van der Waals surface area contributed by atoms with Gasteiger partial charge in [-0.15, -0.1) is 0 Å². The summed E-state index contributed by atoms with van der Waals surface area (Å²) in [4.78, 5) is 280. The molecular weight excluding hydrogens is 1760 g/mol. The van der Waals surface area contributed by atoms with Crippen LogP contribution in [0.25, 0.3) is 21.8 Å². The molecule has 17 amide bonds. The van der Waals surface area contributed by atoms with Crippen LogP contribution in [0, 0.1) is 11.3 Å². The van der Waals surface area contributed by atoms with Gasteiger partial charge in [-0.05, 0) is 79.0 Å². The van der Waals surface area contributed by atoms with Crippen molar-refractivity contribution in [3.8, 4) is 0 Å². The van der Waals surface area contributed by atoms with Crippen LogP contribution in [0.3, 0.4) is 0 Å². The Morgan fingerprint density at radius 1 is 0.504 bits per heavy atom. The molecule has 0 saturated carbocycles. The maximum atomic E-state index is 15.5. The molecular formula is C82H109ClN22O21S3. The Morgan fingerprint density at radius 3 is 1.47 bits per heavy atom. The maximum absolute atomic E-state index is 15.5. The number of aromatic nitrogens is 2. The number of thioether (sulfide) groups is 3. The Labute approximate surface area is 758 Å². The van der Waals surface area contributed by atoms with Crippen molar-refractivity contribution >= 4 is 187 Å². The van der Waals surface area contributed by atoms with Gasteiger partial charge in [-0.2, -0.15) is 35.3 Å². The number of guanidine groups is 1. The van der Waals surface area contributed by atoms with Crippen LogP contribution in [0.1, 0.15) is 108 Å². The molecule has 2 aromatic heterocycles. The van der Waals surface area contributed by atoms with E-state index in [1.807, 2.05) is 0 Å². The van der Waals surface area contributed by atoms with Crippen LogP contribution in [-0.4, -0.2) is 287 Å². The van der Waals surface area contributed by atoms with E-state index in [9.17, 15) is 82.1 Å². The van der Waals surface area contributed by atoms with Gasteiger partial charge in [0.2, 0.25) is 100 Å². The standard InChI is InChI=1S/C82H109ClN22O21S3/c1-43(2)29-56-75(120)95-55(19-21-69(112)113)74(119)100-60(33-70(114)115)79(124)102-63-39-129-28-24-68(111)105-41-103(40-104(42-105)67(110)23-27-128-38-62(92-44(3)106)80(125)96-54(18-20-64(84)107)73(118)98-59(78(123)97-56)32-47-35-90-52-12-7-5-10-50(47)52)66(109)22-26-127-37-61(71(85)116)101-76(121)57(30-45-14-16-48(83)17-15-45)93-65(108)36-91-72(117)53(13-8-25-88-82(86)87)94-77(122)58(99-81(63)126)31-46-34-89-51-11-6-4-9-49(46)51/h4-7,9-12,14-17,34-35,43,53-63,89-90H,8,13,18-33,36-42H2,1-3H3,(H2,84,107)(H2,85,116)(H,91,117)(H,92,106)(H,93,108)(H,94,122)(H,95,120)(H,96,125)(H,97,123)(H,98,118)(H,99,126)(H,100,119)(H,101,121)(H,102,124)(H,112,113)(H,114,115)(H4,86,87,88)/t53-,54-,55-,56-,57-,58-,59-,60-,61-,62-,63-/m0/s1. The summed E-state index contributed by atoms with van der Waals surface area (Å²) >= 11 is 9.03. The molecule has 0 spiro atoms. The molecule has 3 saturated heterocycles. The first-order valence-corrected chi connectivity index (χ1v) is 45.3. The Hall–Kier alpha value is -12.7. The number of carbonyl (C=O) groups is 19. The molecule has 8 rings (SSSR count). The van der Waals surface area contributed by atoms with E-state index < -0.39 is 268 Å². The quantitative estimate of drug-likeness (QED) is 0.0186. The third kappa shape index (κ3) is 32.8. The summed E-state index contributed by atoms with van der Waals surface area (Å²) in [6.07, 6.45) is -3.30. The number of carboxylic acids is 2. The molecule has 129 heavy (non-hydrogen) atoms. The molecule has 47 heteroatoms. The monoisotopic (exact) mass is 1870 g/mol. The second kappa shape index (κ2) is 50.1. The Balaban J connectivity index is 1.22. The Kier molecular flexibility index (Phi) is 39.5. The van der Waals surface area contributed by atoms with E-state index in [1.165, 1.54) is 33.0 Å². The van der Waals surface area contributed by atoms with E-state index in [0.29, 0.717) is 43.5 Å². The molecule has 3 aromatic carbocycles. The summed E-state index contributed by atoms with van der Waals surface area (Å²) in [7, 11) is 0. The summed E-state index contributed by atoms with van der Waals surface area (Å²) in [5, 5.41) is 62.7. The number of rotatable bonds is 22. The van der Waals surface area contributed by atoms with Gasteiger partial charge in [0, 0.05) is 139 Å². The van der Waals surface area contributed by atoms with Crippen LogP contribution >= 0.6 is 46.9 Å². The van der Waals surface area contributed by atoms with Gasteiger partial charge < -0.3 is 121 Å². The minimum absolute atomic E-state index is 0.00594. The van der Waals surface area contributed by atoms with Crippen molar-refractivity contribution in [3.63, 3.8) is 0 Å². The number of halogens is 1. The number of nitrogens with one attached hydrogen (secondary N) is 16. The van der Waals surface area contributed by atoms with Gasteiger partial charge >= 0.3 is 11.9 Å². The number of nitrogens with zero attached hydrogens (tertiary/aromatic N) is 3. The Morgan fingerprint density at radius 2 is 0.953 bits per heavy atom. The van der Waals surface area contributed by atoms with E-state index in [0.717, 1.165) is 42.2 Å². The molecule has 3 aliphatic heterocycles. The molecule has 3 aliphatic rings. The van der Waals surface area contributed by atoms with Crippen LogP contribution < -0.4 is 86.3 Å². The maximum Gasteiger partial charge on any atom is 0.305 e. The van der Waals surface area contributed by atoms with Gasteiger partial charge in [0.25, 0.3) is 0 Å². The molecule has 11 atom stereocenters. The van der Waals surface area contributed by atoms with Crippen LogP contribution in [0.5, 0.6) is 0 Å². The van der Waals surface area contributed by atoms with Crippen molar-refractivity contribution in [2.24, 2.45) is 23.1 Å². The Bertz CT molecular complexity index is 4940. The fourth-order valence-corrected chi connectivity index (χ4v) is 17.1. The number of carbonyl (C=O) groups excluding carboxylic acids is 17. The number of aromatic amines is 2. The third-order valence-corrected chi connectivity index (χ3v) is 24.2. The second-order valence-electron chi connectivity index (χ2n) is 31.3. The van der Waals surface area contributed by atoms with Crippen molar-refractivity contribution in [1.29, 1.82) is 5.41 Å². The highest BCUT2D eigenvalue weighted by atomic mass is 35.5. The zero-order valence-corrected chi connectivity index (χ0v) is 74.2. The number of carboxylic acid groups (broad SMARTS) is 2.